The van der Waals surface area contributed by atoms with E-state index in [1.54, 1.807) is 20.8 Å². The molecule has 6 nitrogen and oxygen atoms in total. The molecule has 0 aliphatic carbocycles. The molecule has 16 heavy (non-hydrogen) atoms. The molecular weight excluding hydrogens is 288 g/mol. The summed E-state index contributed by atoms with van der Waals surface area (Å²) in [4.78, 5) is 23.7. The van der Waals surface area contributed by atoms with Gasteiger partial charge in [-0.15, -0.1) is 0 Å². The summed E-state index contributed by atoms with van der Waals surface area (Å²) in [5.41, 5.74) is 0. The van der Waals surface area contributed by atoms with Gasteiger partial charge < -0.3 is 14.7 Å². The van der Waals surface area contributed by atoms with Crippen LogP contribution in [0.5, 0.6) is 0 Å². The minimum Gasteiger partial charge on any atom is -0.346 e. The fourth-order valence-corrected chi connectivity index (χ4v) is 0. The second-order valence-corrected chi connectivity index (χ2v) is 6.73. The molecule has 10 heteroatoms. The van der Waals surface area contributed by atoms with E-state index in [9.17, 15) is 13.7 Å². The van der Waals surface area contributed by atoms with Gasteiger partial charge in [0.25, 0.3) is 0 Å². The highest BCUT2D eigenvalue weighted by atomic mass is 31.1. The molecule has 0 saturated carbocycles. The fourth-order valence-electron chi connectivity index (χ4n) is 0. The van der Waals surface area contributed by atoms with E-state index in [0.29, 0.717) is 18.5 Å². The molecule has 3 atom stereocenters. The number of hydrogen-bond donors (Lipinski definition) is 3. The Morgan fingerprint density at radius 3 is 0.750 bits per heavy atom. The Bertz CT molecular complexity index is 167. The molecule has 0 aliphatic rings. The molecule has 0 radical (unpaired) electrons. The Kier molecular flexibility index (Phi) is 34.5. The lowest BCUT2D eigenvalue weighted by molar-refractivity contribution is 0.503. The van der Waals surface area contributed by atoms with Gasteiger partial charge in [-0.1, -0.05) is 20.8 Å². The summed E-state index contributed by atoms with van der Waals surface area (Å²) in [6, 6.07) is 0. The average Bonchev–Trinajstić information content (AvgIpc) is 2.19. The average molecular weight is 312 g/mol. The van der Waals surface area contributed by atoms with Crippen molar-refractivity contribution in [1.82, 2.24) is 0 Å². The molecule has 0 saturated heterocycles. The van der Waals surface area contributed by atoms with E-state index in [0.717, 1.165) is 0 Å². The van der Waals surface area contributed by atoms with Crippen LogP contribution in [0, 0.1) is 0 Å². The highest BCUT2D eigenvalue weighted by molar-refractivity contribution is 7.38. The van der Waals surface area contributed by atoms with Crippen molar-refractivity contribution in [2.75, 3.05) is 18.5 Å². The summed E-state index contributed by atoms with van der Waals surface area (Å²) >= 11 is 0. The standard InChI is InChI=1S/3C2H7O2P.Al.3H/c3*1-2-5(3)4;;;;/h3*5H,2H2,1H3,(H,3,4);;;;. The van der Waals surface area contributed by atoms with Crippen molar-refractivity contribution in [1.29, 1.82) is 0 Å². The van der Waals surface area contributed by atoms with Crippen LogP contribution in [0.15, 0.2) is 0 Å². The molecule has 102 valence electrons. The largest absolute Gasteiger partial charge is 0.346 e. The van der Waals surface area contributed by atoms with Crippen molar-refractivity contribution in [3.8, 4) is 0 Å². The molecule has 0 fully saturated rings. The van der Waals surface area contributed by atoms with E-state index < -0.39 is 24.1 Å². The molecule has 0 spiro atoms. The van der Waals surface area contributed by atoms with Gasteiger partial charge in [-0.3, -0.25) is 13.7 Å². The van der Waals surface area contributed by atoms with Gasteiger partial charge in [0.1, 0.15) is 0 Å². The van der Waals surface area contributed by atoms with E-state index in [-0.39, 0.29) is 17.4 Å². The lowest BCUT2D eigenvalue weighted by Gasteiger charge is -1.74. The minimum atomic E-state index is -2.12. The maximum Gasteiger partial charge on any atom is 0.188 e. The van der Waals surface area contributed by atoms with Gasteiger partial charge in [0.15, 0.2) is 41.4 Å². The normalized spacial score (nSPS) is 13.9. The lowest BCUT2D eigenvalue weighted by Crippen LogP contribution is -1.56. The second kappa shape index (κ2) is 21.4. The maximum absolute atomic E-state index is 9.55. The van der Waals surface area contributed by atoms with Gasteiger partial charge in [-0.05, 0) is 0 Å². The maximum atomic E-state index is 9.55. The molecule has 0 aromatic carbocycles. The van der Waals surface area contributed by atoms with E-state index in [1.807, 2.05) is 0 Å². The third kappa shape index (κ3) is 59.5. The predicted molar refractivity (Wildman–Crippen MR) is 75.2 cm³/mol. The van der Waals surface area contributed by atoms with Gasteiger partial charge in [-0.25, -0.2) is 0 Å². The number of rotatable bonds is 3. The predicted octanol–water partition coefficient (Wildman–Crippen LogP) is 0.236. The third-order valence-electron chi connectivity index (χ3n) is 0.907. The van der Waals surface area contributed by atoms with Crippen LogP contribution in [-0.4, -0.2) is 50.5 Å². The van der Waals surface area contributed by atoms with Crippen LogP contribution in [0.3, 0.4) is 0 Å². The van der Waals surface area contributed by atoms with Crippen molar-refractivity contribution >= 4 is 41.4 Å². The molecular formula is C6H24AlO6P3. The van der Waals surface area contributed by atoms with Gasteiger partial charge in [0.2, 0.25) is 0 Å². The van der Waals surface area contributed by atoms with Gasteiger partial charge in [-0.2, -0.15) is 0 Å². The smallest absolute Gasteiger partial charge is 0.188 e. The van der Waals surface area contributed by atoms with Crippen LogP contribution < -0.4 is 0 Å². The summed E-state index contributed by atoms with van der Waals surface area (Å²) in [6.07, 6.45) is 1.22. The van der Waals surface area contributed by atoms with Crippen molar-refractivity contribution in [2.24, 2.45) is 0 Å². The highest BCUT2D eigenvalue weighted by Crippen LogP contribution is 2.09. The Morgan fingerprint density at radius 2 is 0.750 bits per heavy atom. The quantitative estimate of drug-likeness (QED) is 0.508. The molecule has 0 aromatic heterocycles. The molecule has 0 bridgehead atoms. The minimum absolute atomic E-state index is 0. The summed E-state index contributed by atoms with van der Waals surface area (Å²) in [6.45, 7) is 5.05. The van der Waals surface area contributed by atoms with Crippen molar-refractivity contribution in [3.05, 3.63) is 0 Å². The lowest BCUT2D eigenvalue weighted by atomic mass is 11.0. The van der Waals surface area contributed by atoms with Gasteiger partial charge in [0, 0.05) is 18.5 Å². The van der Waals surface area contributed by atoms with Crippen molar-refractivity contribution < 1.29 is 28.4 Å². The first-order chi connectivity index (χ1) is 6.81. The van der Waals surface area contributed by atoms with E-state index >= 15 is 0 Å². The molecule has 0 aliphatic heterocycles. The van der Waals surface area contributed by atoms with Crippen molar-refractivity contribution in [2.45, 2.75) is 20.8 Å². The monoisotopic (exact) mass is 312 g/mol. The Labute approximate surface area is 109 Å². The SMILES string of the molecule is CC[PH](=O)O.CC[PH](=O)O.CC[PH](=O)O.[AlH3]. The van der Waals surface area contributed by atoms with Gasteiger partial charge in [0.05, 0.1) is 0 Å². The molecule has 0 amide bonds. The van der Waals surface area contributed by atoms with Crippen LogP contribution in [0.4, 0.5) is 0 Å². The van der Waals surface area contributed by atoms with Crippen molar-refractivity contribution in [3.63, 3.8) is 0 Å². The zero-order valence-corrected chi connectivity index (χ0v) is 12.2. The first-order valence-electron chi connectivity index (χ1n) is 4.47. The Hall–Kier alpha value is 1.10. The molecule has 0 rings (SSSR count). The van der Waals surface area contributed by atoms with Crippen LogP contribution in [0.25, 0.3) is 0 Å². The fraction of sp³-hybridized carbons (Fsp3) is 1.00. The highest BCUT2D eigenvalue weighted by Gasteiger charge is 1.76. The third-order valence-corrected chi connectivity index (χ3v) is 2.72. The summed E-state index contributed by atoms with van der Waals surface area (Å²) < 4.78 is 28.7. The molecule has 3 N–H and O–H groups in total. The zero-order chi connectivity index (χ0) is 12.9. The first-order valence-corrected chi connectivity index (χ1v) is 9.15. The zero-order valence-electron chi connectivity index (χ0n) is 9.19. The van der Waals surface area contributed by atoms with E-state index in [1.165, 1.54) is 0 Å². The van der Waals surface area contributed by atoms with Crippen LogP contribution >= 0.6 is 24.1 Å². The topological polar surface area (TPSA) is 112 Å². The van der Waals surface area contributed by atoms with Crippen LogP contribution in [-0.2, 0) is 13.7 Å². The Morgan fingerprint density at radius 1 is 0.688 bits per heavy atom. The molecule has 0 aromatic rings. The second-order valence-electron chi connectivity index (χ2n) is 2.24. The van der Waals surface area contributed by atoms with E-state index in [2.05, 4.69) is 0 Å². The summed E-state index contributed by atoms with van der Waals surface area (Å²) in [7, 11) is -6.37. The summed E-state index contributed by atoms with van der Waals surface area (Å²) in [5.74, 6) is 0. The van der Waals surface area contributed by atoms with Gasteiger partial charge >= 0.3 is 0 Å². The van der Waals surface area contributed by atoms with Crippen LogP contribution in [0.2, 0.25) is 0 Å². The Balaban J connectivity index is -0.0000000655. The first kappa shape index (κ1) is 25.8. The van der Waals surface area contributed by atoms with E-state index in [4.69, 9.17) is 14.7 Å². The number of hydrogen-bond acceptors (Lipinski definition) is 3. The van der Waals surface area contributed by atoms with Crippen LogP contribution in [0.1, 0.15) is 20.8 Å². The molecule has 3 unspecified atom stereocenters. The molecule has 0 heterocycles. The summed E-state index contributed by atoms with van der Waals surface area (Å²) in [5, 5.41) is 0.